The molecule has 2 aromatic heterocycles. The highest BCUT2D eigenvalue weighted by atomic mass is 16.5. The Morgan fingerprint density at radius 3 is 2.52 bits per heavy atom. The molecule has 0 N–H and O–H groups in total. The van der Waals surface area contributed by atoms with Gasteiger partial charge in [0.25, 0.3) is 11.8 Å². The van der Waals surface area contributed by atoms with Crippen molar-refractivity contribution in [3.8, 4) is 0 Å². The number of ether oxygens (including phenoxy) is 1. The largest absolute Gasteiger partial charge is 0.352 e. The average Bonchev–Trinajstić information content (AvgIpc) is 3.46. The molecule has 0 aliphatic carbocycles. The predicted molar refractivity (Wildman–Crippen MR) is 104 cm³/mol. The molecule has 3 aliphatic heterocycles. The van der Waals surface area contributed by atoms with Gasteiger partial charge in [-0.1, -0.05) is 6.07 Å². The van der Waals surface area contributed by atoms with Crippen LogP contribution in [-0.4, -0.2) is 68.4 Å². The molecule has 0 aromatic carbocycles. The standard InChI is InChI=1S/C21H25N5O3/c27-18(16-5-1-2-8-22-16)25-12-6-21(7-13-25)20-23-9-14-26(20)15-17(29-21)19(28)24-10-3-4-11-24/h1-2,5,8-9,14,17H,3-4,6-7,10-13,15H2. The van der Waals surface area contributed by atoms with Crippen molar-refractivity contribution >= 4 is 11.8 Å². The van der Waals surface area contributed by atoms with E-state index in [9.17, 15) is 9.59 Å². The Labute approximate surface area is 169 Å². The summed E-state index contributed by atoms with van der Waals surface area (Å²) in [6.07, 6.45) is 8.19. The van der Waals surface area contributed by atoms with Crippen molar-refractivity contribution in [3.05, 3.63) is 48.3 Å². The smallest absolute Gasteiger partial charge is 0.272 e. The monoisotopic (exact) mass is 395 g/mol. The van der Waals surface area contributed by atoms with Gasteiger partial charge in [-0.2, -0.15) is 0 Å². The van der Waals surface area contributed by atoms with Crippen molar-refractivity contribution < 1.29 is 14.3 Å². The molecule has 0 saturated carbocycles. The number of carbonyl (C=O) groups excluding carboxylic acids is 2. The van der Waals surface area contributed by atoms with E-state index in [-0.39, 0.29) is 11.8 Å². The van der Waals surface area contributed by atoms with Gasteiger partial charge in [-0.3, -0.25) is 14.6 Å². The third-order valence-corrected chi connectivity index (χ3v) is 6.29. The van der Waals surface area contributed by atoms with Crippen LogP contribution >= 0.6 is 0 Å². The van der Waals surface area contributed by atoms with Gasteiger partial charge in [-0.25, -0.2) is 4.98 Å². The molecule has 5 rings (SSSR count). The lowest BCUT2D eigenvalue weighted by Gasteiger charge is -2.45. The summed E-state index contributed by atoms with van der Waals surface area (Å²) in [5, 5.41) is 0. The van der Waals surface area contributed by atoms with Gasteiger partial charge in [0, 0.05) is 57.6 Å². The van der Waals surface area contributed by atoms with E-state index in [2.05, 4.69) is 14.5 Å². The van der Waals surface area contributed by atoms with Crippen molar-refractivity contribution in [2.75, 3.05) is 26.2 Å². The van der Waals surface area contributed by atoms with E-state index in [0.717, 1.165) is 31.8 Å². The second-order valence-electron chi connectivity index (χ2n) is 8.04. The van der Waals surface area contributed by atoms with Crippen LogP contribution in [-0.2, 0) is 21.7 Å². The number of likely N-dealkylation sites (tertiary alicyclic amines) is 2. The van der Waals surface area contributed by atoms with Crippen LogP contribution in [0, 0.1) is 0 Å². The molecular formula is C21H25N5O3. The molecular weight excluding hydrogens is 370 g/mol. The van der Waals surface area contributed by atoms with Crippen LogP contribution in [0.5, 0.6) is 0 Å². The molecule has 29 heavy (non-hydrogen) atoms. The predicted octanol–water partition coefficient (Wildman–Crippen LogP) is 1.43. The topological polar surface area (TPSA) is 80.6 Å². The first kappa shape index (κ1) is 18.3. The van der Waals surface area contributed by atoms with Crippen LogP contribution in [0.4, 0.5) is 0 Å². The number of nitrogens with zero attached hydrogens (tertiary/aromatic N) is 5. The lowest BCUT2D eigenvalue weighted by atomic mass is 9.88. The van der Waals surface area contributed by atoms with Crippen molar-refractivity contribution in [2.24, 2.45) is 0 Å². The highest BCUT2D eigenvalue weighted by molar-refractivity contribution is 5.92. The van der Waals surface area contributed by atoms with E-state index in [1.807, 2.05) is 22.1 Å². The Kier molecular flexibility index (Phi) is 4.58. The van der Waals surface area contributed by atoms with Crippen LogP contribution in [0.2, 0.25) is 0 Å². The number of pyridine rings is 1. The van der Waals surface area contributed by atoms with Gasteiger partial charge >= 0.3 is 0 Å². The number of carbonyl (C=O) groups is 2. The van der Waals surface area contributed by atoms with E-state index in [1.54, 1.807) is 24.5 Å². The minimum atomic E-state index is -0.622. The van der Waals surface area contributed by atoms with Gasteiger partial charge in [0.2, 0.25) is 0 Å². The minimum Gasteiger partial charge on any atom is -0.352 e. The number of fused-ring (bicyclic) bond motifs is 2. The molecule has 8 heteroatoms. The van der Waals surface area contributed by atoms with Gasteiger partial charge in [-0.05, 0) is 25.0 Å². The van der Waals surface area contributed by atoms with Crippen LogP contribution < -0.4 is 0 Å². The van der Waals surface area contributed by atoms with Crippen LogP contribution in [0.25, 0.3) is 0 Å². The normalized spacial score (nSPS) is 23.2. The van der Waals surface area contributed by atoms with Crippen molar-refractivity contribution in [1.82, 2.24) is 24.3 Å². The average molecular weight is 395 g/mol. The Morgan fingerprint density at radius 1 is 1.00 bits per heavy atom. The summed E-state index contributed by atoms with van der Waals surface area (Å²) in [6, 6.07) is 5.36. The summed E-state index contributed by atoms with van der Waals surface area (Å²) >= 11 is 0. The number of rotatable bonds is 2. The number of amides is 2. The zero-order chi connectivity index (χ0) is 19.8. The maximum Gasteiger partial charge on any atom is 0.272 e. The summed E-state index contributed by atoms with van der Waals surface area (Å²) in [5.74, 6) is 0.880. The van der Waals surface area contributed by atoms with Crippen molar-refractivity contribution in [3.63, 3.8) is 0 Å². The first-order valence-corrected chi connectivity index (χ1v) is 10.3. The summed E-state index contributed by atoms with van der Waals surface area (Å²) in [4.78, 5) is 38.2. The van der Waals surface area contributed by atoms with Gasteiger partial charge in [0.05, 0.1) is 6.54 Å². The molecule has 5 heterocycles. The maximum absolute atomic E-state index is 13.0. The molecule has 2 amide bonds. The lowest BCUT2D eigenvalue weighted by Crippen LogP contribution is -2.55. The van der Waals surface area contributed by atoms with E-state index >= 15 is 0 Å². The first-order valence-electron chi connectivity index (χ1n) is 10.3. The molecule has 152 valence electrons. The Bertz CT molecular complexity index is 898. The number of aromatic nitrogens is 3. The van der Waals surface area contributed by atoms with Crippen LogP contribution in [0.3, 0.4) is 0 Å². The van der Waals surface area contributed by atoms with Crippen molar-refractivity contribution in [2.45, 2.75) is 43.9 Å². The third kappa shape index (κ3) is 3.21. The van der Waals surface area contributed by atoms with E-state index in [0.29, 0.717) is 38.2 Å². The van der Waals surface area contributed by atoms with Crippen LogP contribution in [0.15, 0.2) is 36.8 Å². The van der Waals surface area contributed by atoms with E-state index in [4.69, 9.17) is 4.74 Å². The van der Waals surface area contributed by atoms with E-state index < -0.39 is 11.7 Å². The zero-order valence-electron chi connectivity index (χ0n) is 16.4. The third-order valence-electron chi connectivity index (χ3n) is 6.29. The number of imidazole rings is 1. The Morgan fingerprint density at radius 2 is 1.79 bits per heavy atom. The van der Waals surface area contributed by atoms with Crippen LogP contribution in [0.1, 0.15) is 42.0 Å². The highest BCUT2D eigenvalue weighted by Crippen LogP contribution is 2.40. The number of hydrogen-bond acceptors (Lipinski definition) is 5. The van der Waals surface area contributed by atoms with E-state index in [1.165, 1.54) is 0 Å². The molecule has 1 atom stereocenters. The molecule has 0 bridgehead atoms. The maximum atomic E-state index is 13.0. The summed E-state index contributed by atoms with van der Waals surface area (Å²) in [6.45, 7) is 3.23. The summed E-state index contributed by atoms with van der Waals surface area (Å²) in [7, 11) is 0. The lowest BCUT2D eigenvalue weighted by molar-refractivity contribution is -0.179. The fourth-order valence-corrected chi connectivity index (χ4v) is 4.73. The molecule has 1 unspecified atom stereocenters. The highest BCUT2D eigenvalue weighted by Gasteiger charge is 2.48. The SMILES string of the molecule is O=C(c1ccccn1)N1CCC2(CC1)OC(C(=O)N1CCCC1)Cn1ccnc12. The van der Waals surface area contributed by atoms with Gasteiger partial charge in [0.1, 0.15) is 17.1 Å². The zero-order valence-corrected chi connectivity index (χ0v) is 16.4. The molecule has 2 aromatic rings. The fraction of sp³-hybridized carbons (Fsp3) is 0.524. The molecule has 3 aliphatic rings. The number of hydrogen-bond donors (Lipinski definition) is 0. The molecule has 2 fully saturated rings. The molecule has 0 radical (unpaired) electrons. The molecule has 1 spiro atoms. The van der Waals surface area contributed by atoms with Gasteiger partial charge < -0.3 is 19.1 Å². The second kappa shape index (κ2) is 7.26. The van der Waals surface area contributed by atoms with Gasteiger partial charge in [-0.15, -0.1) is 0 Å². The first-order chi connectivity index (χ1) is 14.2. The number of piperidine rings is 1. The molecule has 8 nitrogen and oxygen atoms in total. The summed E-state index contributed by atoms with van der Waals surface area (Å²) in [5.41, 5.74) is -0.167. The Hall–Kier alpha value is -2.74. The molecule has 2 saturated heterocycles. The second-order valence-corrected chi connectivity index (χ2v) is 8.04. The summed E-state index contributed by atoms with van der Waals surface area (Å²) < 4.78 is 8.53. The van der Waals surface area contributed by atoms with Gasteiger partial charge in [0.15, 0.2) is 6.10 Å². The Balaban J connectivity index is 1.34. The quantitative estimate of drug-likeness (QED) is 0.769. The minimum absolute atomic E-state index is 0.0655. The van der Waals surface area contributed by atoms with Crippen molar-refractivity contribution in [1.29, 1.82) is 0 Å². The fourth-order valence-electron chi connectivity index (χ4n) is 4.73.